The smallest absolute Gasteiger partial charge is 0.335 e. The Morgan fingerprint density at radius 2 is 1.67 bits per heavy atom. The van der Waals surface area contributed by atoms with Gasteiger partial charge in [0, 0.05) is 6.54 Å². The monoisotopic (exact) mass is 405 g/mol. The molecule has 0 N–H and O–H groups in total. The van der Waals surface area contributed by atoms with Crippen LogP contribution < -0.4 is 9.64 Å². The van der Waals surface area contributed by atoms with E-state index in [1.807, 2.05) is 30.3 Å². The van der Waals surface area contributed by atoms with Crippen LogP contribution in [0.3, 0.4) is 0 Å². The zero-order valence-corrected chi connectivity index (χ0v) is 16.1. The predicted octanol–water partition coefficient (Wildman–Crippen LogP) is 2.13. The lowest BCUT2D eigenvalue weighted by atomic mass is 10.0. The molecule has 0 radical (unpaired) electrons. The van der Waals surface area contributed by atoms with Crippen LogP contribution in [-0.2, 0) is 14.4 Å². The number of urea groups is 1. The SMILES string of the molecule is C=CCN1C(=O)C(=O)N(CC(=O)N2c3ccccc3OC[C@H]2c2ccccc2)C1=O. The molecule has 0 saturated carbocycles. The van der Waals surface area contributed by atoms with Crippen LogP contribution in [0.15, 0.2) is 67.3 Å². The number of carbonyl (C=O) groups excluding carboxylic acids is 4. The van der Waals surface area contributed by atoms with Crippen LogP contribution in [0.2, 0.25) is 0 Å². The molecule has 5 amide bonds. The molecule has 0 unspecified atom stereocenters. The maximum Gasteiger partial charge on any atom is 0.335 e. The molecule has 30 heavy (non-hydrogen) atoms. The van der Waals surface area contributed by atoms with Crippen molar-refractivity contribution in [2.75, 3.05) is 24.6 Å². The van der Waals surface area contributed by atoms with Crippen molar-refractivity contribution in [3.8, 4) is 5.75 Å². The van der Waals surface area contributed by atoms with E-state index < -0.39 is 36.3 Å². The van der Waals surface area contributed by atoms with Crippen LogP contribution in [0.1, 0.15) is 11.6 Å². The van der Waals surface area contributed by atoms with E-state index in [1.165, 1.54) is 11.0 Å². The quantitative estimate of drug-likeness (QED) is 0.432. The second kappa shape index (κ2) is 7.82. The third-order valence-corrected chi connectivity index (χ3v) is 5.03. The summed E-state index contributed by atoms with van der Waals surface area (Å²) in [5, 5.41) is 0. The van der Waals surface area contributed by atoms with E-state index in [-0.39, 0.29) is 13.2 Å². The molecule has 0 aliphatic carbocycles. The number of para-hydroxylation sites is 2. The van der Waals surface area contributed by atoms with Gasteiger partial charge in [-0.15, -0.1) is 6.58 Å². The summed E-state index contributed by atoms with van der Waals surface area (Å²) in [5.41, 5.74) is 1.39. The third-order valence-electron chi connectivity index (χ3n) is 5.03. The fourth-order valence-corrected chi connectivity index (χ4v) is 3.61. The minimum atomic E-state index is -1.02. The number of hydrogen-bond acceptors (Lipinski definition) is 5. The Hall–Kier alpha value is -3.94. The van der Waals surface area contributed by atoms with Crippen LogP contribution in [0.25, 0.3) is 0 Å². The first-order valence-corrected chi connectivity index (χ1v) is 9.40. The van der Waals surface area contributed by atoms with E-state index in [9.17, 15) is 19.2 Å². The number of benzene rings is 2. The van der Waals surface area contributed by atoms with Gasteiger partial charge < -0.3 is 4.74 Å². The van der Waals surface area contributed by atoms with Gasteiger partial charge >= 0.3 is 17.8 Å². The molecule has 1 atom stereocenters. The summed E-state index contributed by atoms with van der Waals surface area (Å²) in [7, 11) is 0. The Morgan fingerprint density at radius 3 is 2.40 bits per heavy atom. The molecule has 2 aliphatic rings. The number of carbonyl (C=O) groups is 4. The van der Waals surface area contributed by atoms with E-state index in [1.54, 1.807) is 24.3 Å². The molecular weight excluding hydrogens is 386 g/mol. The van der Waals surface area contributed by atoms with Gasteiger partial charge in [0.1, 0.15) is 18.9 Å². The number of anilines is 1. The lowest BCUT2D eigenvalue weighted by Crippen LogP contribution is -2.47. The average Bonchev–Trinajstić information content (AvgIpc) is 2.97. The zero-order valence-electron chi connectivity index (χ0n) is 16.1. The lowest BCUT2D eigenvalue weighted by molar-refractivity contribution is -0.143. The Labute approximate surface area is 172 Å². The summed E-state index contributed by atoms with van der Waals surface area (Å²) in [6.07, 6.45) is 1.35. The van der Waals surface area contributed by atoms with Crippen LogP contribution in [0, 0.1) is 0 Å². The highest BCUT2D eigenvalue weighted by Gasteiger charge is 2.46. The van der Waals surface area contributed by atoms with Gasteiger partial charge in [-0.1, -0.05) is 48.5 Å². The van der Waals surface area contributed by atoms with Crippen molar-refractivity contribution >= 4 is 29.4 Å². The summed E-state index contributed by atoms with van der Waals surface area (Å²) in [6, 6.07) is 15.1. The molecule has 4 rings (SSSR count). The predicted molar refractivity (Wildman–Crippen MR) is 108 cm³/mol. The Bertz CT molecular complexity index is 1040. The van der Waals surface area contributed by atoms with Crippen LogP contribution in [0.5, 0.6) is 5.75 Å². The molecule has 0 spiro atoms. The Balaban J connectivity index is 1.66. The number of ether oxygens (including phenoxy) is 1. The largest absolute Gasteiger partial charge is 0.489 e. The summed E-state index contributed by atoms with van der Waals surface area (Å²) in [5.74, 6) is -1.95. The van der Waals surface area contributed by atoms with E-state index in [0.29, 0.717) is 16.3 Å². The molecule has 2 aromatic rings. The molecule has 152 valence electrons. The minimum absolute atomic E-state index is 0.0961. The molecule has 8 heteroatoms. The van der Waals surface area contributed by atoms with E-state index in [4.69, 9.17) is 4.74 Å². The highest BCUT2D eigenvalue weighted by atomic mass is 16.5. The van der Waals surface area contributed by atoms with Crippen molar-refractivity contribution in [3.05, 3.63) is 72.8 Å². The number of fused-ring (bicyclic) bond motifs is 1. The fraction of sp³-hybridized carbons (Fsp3) is 0.182. The molecule has 0 bridgehead atoms. The molecule has 1 saturated heterocycles. The highest BCUT2D eigenvalue weighted by molar-refractivity contribution is 6.45. The van der Waals surface area contributed by atoms with Gasteiger partial charge in [-0.25, -0.2) is 9.69 Å². The summed E-state index contributed by atoms with van der Waals surface area (Å²) in [6.45, 7) is 3.06. The Morgan fingerprint density at radius 1 is 1.00 bits per heavy atom. The fourth-order valence-electron chi connectivity index (χ4n) is 3.61. The Kier molecular flexibility index (Phi) is 5.05. The first kappa shape index (κ1) is 19.4. The van der Waals surface area contributed by atoms with Crippen LogP contribution in [0.4, 0.5) is 10.5 Å². The summed E-state index contributed by atoms with van der Waals surface area (Å²) < 4.78 is 5.83. The van der Waals surface area contributed by atoms with E-state index in [0.717, 1.165) is 10.5 Å². The maximum absolute atomic E-state index is 13.3. The van der Waals surface area contributed by atoms with Gasteiger partial charge in [0.05, 0.1) is 11.7 Å². The molecule has 8 nitrogen and oxygen atoms in total. The first-order chi connectivity index (χ1) is 14.5. The van der Waals surface area contributed by atoms with Crippen LogP contribution in [-0.4, -0.2) is 53.2 Å². The zero-order chi connectivity index (χ0) is 21.3. The van der Waals surface area contributed by atoms with Crippen molar-refractivity contribution in [2.24, 2.45) is 0 Å². The minimum Gasteiger partial charge on any atom is -0.489 e. The van der Waals surface area contributed by atoms with E-state index in [2.05, 4.69) is 6.58 Å². The first-order valence-electron chi connectivity index (χ1n) is 9.40. The van der Waals surface area contributed by atoms with Crippen molar-refractivity contribution in [3.63, 3.8) is 0 Å². The molecular formula is C22H19N3O5. The van der Waals surface area contributed by atoms with Crippen molar-refractivity contribution in [1.29, 1.82) is 0 Å². The average molecular weight is 405 g/mol. The molecule has 0 aromatic heterocycles. The second-order valence-corrected chi connectivity index (χ2v) is 6.85. The number of hydrogen-bond donors (Lipinski definition) is 0. The van der Waals surface area contributed by atoms with Gasteiger partial charge in [-0.2, -0.15) is 0 Å². The molecule has 2 heterocycles. The van der Waals surface area contributed by atoms with Gasteiger partial charge in [-0.3, -0.25) is 24.2 Å². The van der Waals surface area contributed by atoms with E-state index >= 15 is 0 Å². The standard InChI is InChI=1S/C22H19N3O5/c1-2-12-23-20(27)21(28)24(22(23)29)13-19(26)25-16-10-6-7-11-18(16)30-14-17(25)15-8-4-3-5-9-15/h2-11,17H,1,12-14H2/t17-/m0/s1. The molecule has 1 fully saturated rings. The summed E-state index contributed by atoms with van der Waals surface area (Å²) >= 11 is 0. The number of rotatable bonds is 5. The number of imide groups is 2. The topological polar surface area (TPSA) is 87.2 Å². The van der Waals surface area contributed by atoms with Gasteiger partial charge in [0.15, 0.2) is 0 Å². The second-order valence-electron chi connectivity index (χ2n) is 6.85. The van der Waals surface area contributed by atoms with Crippen molar-refractivity contribution < 1.29 is 23.9 Å². The van der Waals surface area contributed by atoms with Gasteiger partial charge in [-0.05, 0) is 17.7 Å². The van der Waals surface area contributed by atoms with Crippen molar-refractivity contribution in [2.45, 2.75) is 6.04 Å². The van der Waals surface area contributed by atoms with Crippen LogP contribution >= 0.6 is 0 Å². The third kappa shape index (κ3) is 3.22. The normalized spacial score (nSPS) is 18.3. The number of amides is 5. The van der Waals surface area contributed by atoms with Gasteiger partial charge in [0.25, 0.3) is 0 Å². The molecule has 2 aliphatic heterocycles. The molecule has 2 aromatic carbocycles. The summed E-state index contributed by atoms with van der Waals surface area (Å²) in [4.78, 5) is 53.2. The maximum atomic E-state index is 13.3. The van der Waals surface area contributed by atoms with Crippen molar-refractivity contribution in [1.82, 2.24) is 9.80 Å². The highest BCUT2D eigenvalue weighted by Crippen LogP contribution is 2.39. The van der Waals surface area contributed by atoms with Gasteiger partial charge in [0.2, 0.25) is 5.91 Å². The lowest BCUT2D eigenvalue weighted by Gasteiger charge is -2.37. The number of nitrogens with zero attached hydrogens (tertiary/aromatic N) is 3.